The highest BCUT2D eigenvalue weighted by Crippen LogP contribution is 2.25. The van der Waals surface area contributed by atoms with Crippen molar-refractivity contribution >= 4 is 22.5 Å². The van der Waals surface area contributed by atoms with E-state index in [0.29, 0.717) is 17.1 Å². The number of non-ortho nitro benzene ring substituents is 1. The van der Waals surface area contributed by atoms with Gasteiger partial charge >= 0.3 is 0 Å². The zero-order valence-electron chi connectivity index (χ0n) is 14.3. The van der Waals surface area contributed by atoms with E-state index in [1.807, 2.05) is 0 Å². The molecule has 25 heavy (non-hydrogen) atoms. The molecule has 2 aromatic rings. The fourth-order valence-corrected chi connectivity index (χ4v) is 4.00. The van der Waals surface area contributed by atoms with Gasteiger partial charge in [-0.1, -0.05) is 6.42 Å². The van der Waals surface area contributed by atoms with Crippen LogP contribution in [0.3, 0.4) is 0 Å². The van der Waals surface area contributed by atoms with Gasteiger partial charge in [0.2, 0.25) is 0 Å². The Bertz CT molecular complexity index is 767. The lowest BCUT2D eigenvalue weighted by Gasteiger charge is -2.40. The summed E-state index contributed by atoms with van der Waals surface area (Å²) in [5.41, 5.74) is 1.33. The van der Waals surface area contributed by atoms with E-state index in [0.717, 1.165) is 18.9 Å². The van der Waals surface area contributed by atoms with Gasteiger partial charge in [0.15, 0.2) is 0 Å². The van der Waals surface area contributed by atoms with E-state index in [4.69, 9.17) is 0 Å². The number of aromatic nitrogens is 2. The van der Waals surface area contributed by atoms with Gasteiger partial charge in [0, 0.05) is 31.3 Å². The van der Waals surface area contributed by atoms with Gasteiger partial charge in [-0.05, 0) is 44.8 Å². The van der Waals surface area contributed by atoms with E-state index in [1.165, 1.54) is 57.3 Å². The molecule has 1 aromatic carbocycles. The molecule has 3 heterocycles. The number of nitro benzene ring substituents is 1. The lowest BCUT2D eigenvalue weighted by molar-refractivity contribution is -0.384. The van der Waals surface area contributed by atoms with Gasteiger partial charge in [0.1, 0.15) is 5.82 Å². The maximum absolute atomic E-state index is 10.9. The summed E-state index contributed by atoms with van der Waals surface area (Å²) >= 11 is 0. The molecular weight excluding hydrogens is 318 g/mol. The van der Waals surface area contributed by atoms with Crippen LogP contribution in [0.1, 0.15) is 32.1 Å². The van der Waals surface area contributed by atoms with Crippen LogP contribution in [0.2, 0.25) is 0 Å². The maximum Gasteiger partial charge on any atom is 0.271 e. The highest BCUT2D eigenvalue weighted by atomic mass is 16.6. The number of hydrogen-bond donors (Lipinski definition) is 0. The minimum absolute atomic E-state index is 0.0527. The second-order valence-corrected chi connectivity index (χ2v) is 6.97. The topological polar surface area (TPSA) is 75.4 Å². The minimum atomic E-state index is -0.402. The van der Waals surface area contributed by atoms with Crippen molar-refractivity contribution in [3.8, 4) is 0 Å². The highest BCUT2D eigenvalue weighted by Gasteiger charge is 2.26. The molecule has 0 aliphatic carbocycles. The molecule has 0 bridgehead atoms. The highest BCUT2D eigenvalue weighted by molar-refractivity contribution is 5.78. The van der Waals surface area contributed by atoms with Crippen molar-refractivity contribution in [3.05, 3.63) is 34.5 Å². The van der Waals surface area contributed by atoms with Gasteiger partial charge in [0.25, 0.3) is 5.69 Å². The molecule has 0 radical (unpaired) electrons. The molecule has 1 aromatic heterocycles. The van der Waals surface area contributed by atoms with Crippen molar-refractivity contribution < 1.29 is 4.92 Å². The molecule has 7 nitrogen and oxygen atoms in total. The Morgan fingerprint density at radius 3 is 2.52 bits per heavy atom. The predicted octanol–water partition coefficient (Wildman–Crippen LogP) is 2.99. The number of piperidine rings is 2. The lowest BCUT2D eigenvalue weighted by Crippen LogP contribution is -2.46. The first kappa shape index (κ1) is 16.2. The lowest BCUT2D eigenvalue weighted by atomic mass is 10.00. The third kappa shape index (κ3) is 3.42. The van der Waals surface area contributed by atoms with Crippen LogP contribution in [0.25, 0.3) is 11.0 Å². The summed E-state index contributed by atoms with van der Waals surface area (Å²) in [4.78, 5) is 24.5. The first-order valence-electron chi connectivity index (χ1n) is 9.11. The number of hydrogen-bond acceptors (Lipinski definition) is 6. The largest absolute Gasteiger partial charge is 0.355 e. The number of nitro groups is 1. The van der Waals surface area contributed by atoms with Crippen LogP contribution in [-0.4, -0.2) is 52.0 Å². The molecule has 2 fully saturated rings. The van der Waals surface area contributed by atoms with Crippen molar-refractivity contribution in [2.45, 2.75) is 38.1 Å². The van der Waals surface area contributed by atoms with Gasteiger partial charge in [-0.15, -0.1) is 0 Å². The summed E-state index contributed by atoms with van der Waals surface area (Å²) < 4.78 is 0. The van der Waals surface area contributed by atoms with Crippen molar-refractivity contribution in [1.82, 2.24) is 14.9 Å². The zero-order valence-corrected chi connectivity index (χ0v) is 14.3. The summed E-state index contributed by atoms with van der Waals surface area (Å²) in [6.07, 6.45) is 8.12. The summed E-state index contributed by atoms with van der Waals surface area (Å²) in [5, 5.41) is 10.9. The number of benzene rings is 1. The molecule has 132 valence electrons. The smallest absolute Gasteiger partial charge is 0.271 e. The second-order valence-electron chi connectivity index (χ2n) is 6.97. The molecule has 4 rings (SSSR count). The maximum atomic E-state index is 10.9. The summed E-state index contributed by atoms with van der Waals surface area (Å²) in [6, 6.07) is 5.36. The van der Waals surface area contributed by atoms with Crippen LogP contribution in [0.5, 0.6) is 0 Å². The molecular formula is C18H23N5O2. The van der Waals surface area contributed by atoms with Crippen LogP contribution < -0.4 is 4.90 Å². The molecule has 0 spiro atoms. The number of fused-ring (bicyclic) bond motifs is 1. The number of likely N-dealkylation sites (tertiary alicyclic amines) is 1. The minimum Gasteiger partial charge on any atom is -0.355 e. The van der Waals surface area contributed by atoms with Gasteiger partial charge in [-0.25, -0.2) is 4.98 Å². The van der Waals surface area contributed by atoms with Gasteiger partial charge in [-0.2, -0.15) is 0 Å². The van der Waals surface area contributed by atoms with Crippen molar-refractivity contribution in [2.24, 2.45) is 0 Å². The molecule has 0 atom stereocenters. The molecule has 0 N–H and O–H groups in total. The standard InChI is InChI=1S/C18H23N5O2/c24-23(25)15-4-5-16-17(12-15)19-13-18(20-16)22-10-6-14(7-11-22)21-8-2-1-3-9-21/h4-5,12-14H,1-3,6-11H2. The SMILES string of the molecule is O=[N+]([O-])c1ccc2nc(N3CCC(N4CCCCC4)CC3)cnc2c1. The third-order valence-electron chi connectivity index (χ3n) is 5.42. The van der Waals surface area contributed by atoms with Crippen molar-refractivity contribution in [3.63, 3.8) is 0 Å². The van der Waals surface area contributed by atoms with Crippen molar-refractivity contribution in [2.75, 3.05) is 31.1 Å². The monoisotopic (exact) mass is 341 g/mol. The van der Waals surface area contributed by atoms with Crippen LogP contribution in [0.4, 0.5) is 11.5 Å². The van der Waals surface area contributed by atoms with Gasteiger partial charge < -0.3 is 9.80 Å². The summed E-state index contributed by atoms with van der Waals surface area (Å²) in [5.74, 6) is 0.874. The quantitative estimate of drug-likeness (QED) is 0.631. The molecule has 0 amide bonds. The number of nitrogens with zero attached hydrogens (tertiary/aromatic N) is 5. The van der Waals surface area contributed by atoms with E-state index in [1.54, 1.807) is 12.3 Å². The average molecular weight is 341 g/mol. The van der Waals surface area contributed by atoms with E-state index in [9.17, 15) is 10.1 Å². The van der Waals surface area contributed by atoms with E-state index in [2.05, 4.69) is 19.8 Å². The molecule has 2 aliphatic heterocycles. The fraction of sp³-hybridized carbons (Fsp3) is 0.556. The average Bonchev–Trinajstić information content (AvgIpc) is 2.68. The van der Waals surface area contributed by atoms with Crippen LogP contribution in [-0.2, 0) is 0 Å². The first-order chi connectivity index (χ1) is 12.2. The molecule has 2 aliphatic rings. The third-order valence-corrected chi connectivity index (χ3v) is 5.42. The van der Waals surface area contributed by atoms with Gasteiger partial charge in [-0.3, -0.25) is 15.1 Å². The Morgan fingerprint density at radius 2 is 1.80 bits per heavy atom. The van der Waals surface area contributed by atoms with E-state index < -0.39 is 4.92 Å². The van der Waals surface area contributed by atoms with Gasteiger partial charge in [0.05, 0.1) is 22.2 Å². The number of anilines is 1. The number of rotatable bonds is 3. The fourth-order valence-electron chi connectivity index (χ4n) is 4.00. The summed E-state index contributed by atoms with van der Waals surface area (Å²) in [7, 11) is 0. The molecule has 2 saturated heterocycles. The van der Waals surface area contributed by atoms with Crippen LogP contribution in [0, 0.1) is 10.1 Å². The Morgan fingerprint density at radius 1 is 1.04 bits per heavy atom. The van der Waals surface area contributed by atoms with Crippen LogP contribution in [0.15, 0.2) is 24.4 Å². The molecule has 0 unspecified atom stereocenters. The first-order valence-corrected chi connectivity index (χ1v) is 9.11. The van der Waals surface area contributed by atoms with E-state index in [-0.39, 0.29) is 5.69 Å². The normalized spacial score (nSPS) is 20.1. The Hall–Kier alpha value is -2.28. The van der Waals surface area contributed by atoms with Crippen LogP contribution >= 0.6 is 0 Å². The van der Waals surface area contributed by atoms with E-state index >= 15 is 0 Å². The predicted molar refractivity (Wildman–Crippen MR) is 96.9 cm³/mol. The van der Waals surface area contributed by atoms with Crippen molar-refractivity contribution in [1.29, 1.82) is 0 Å². The Labute approximate surface area is 146 Å². The Balaban J connectivity index is 1.45. The second kappa shape index (κ2) is 6.92. The zero-order chi connectivity index (χ0) is 17.2. The molecule has 0 saturated carbocycles. The Kier molecular flexibility index (Phi) is 4.48. The molecule has 7 heteroatoms. The summed E-state index contributed by atoms with van der Waals surface area (Å²) in [6.45, 7) is 4.49.